The molecule has 0 bridgehead atoms. The Morgan fingerprint density at radius 3 is 2.28 bits per heavy atom. The van der Waals surface area contributed by atoms with Crippen LogP contribution >= 0.6 is 0 Å². The highest BCUT2D eigenvalue weighted by Crippen LogP contribution is 2.33. The zero-order chi connectivity index (χ0) is 20.8. The maximum atomic E-state index is 12.5. The summed E-state index contributed by atoms with van der Waals surface area (Å²) in [7, 11) is 3.18. The van der Waals surface area contributed by atoms with Gasteiger partial charge >= 0.3 is 5.97 Å². The van der Waals surface area contributed by atoms with Crippen LogP contribution in [0.5, 0.6) is 17.2 Å². The summed E-state index contributed by atoms with van der Waals surface area (Å²) in [5.41, 5.74) is 2.50. The second-order valence-electron chi connectivity index (χ2n) is 6.57. The van der Waals surface area contributed by atoms with E-state index in [0.29, 0.717) is 48.9 Å². The van der Waals surface area contributed by atoms with E-state index >= 15 is 0 Å². The van der Waals surface area contributed by atoms with Crippen LogP contribution in [0, 0.1) is 0 Å². The molecule has 29 heavy (non-hydrogen) atoms. The van der Waals surface area contributed by atoms with Gasteiger partial charge in [-0.2, -0.15) is 0 Å². The van der Waals surface area contributed by atoms with Crippen molar-refractivity contribution in [1.29, 1.82) is 0 Å². The van der Waals surface area contributed by atoms with Crippen LogP contribution in [0.1, 0.15) is 28.4 Å². The fourth-order valence-electron chi connectivity index (χ4n) is 3.25. The molecular formula is C22H25NO6. The first-order valence-corrected chi connectivity index (χ1v) is 9.47. The first kappa shape index (κ1) is 20.5. The van der Waals surface area contributed by atoms with Crippen LogP contribution < -0.4 is 14.2 Å². The molecule has 154 valence electrons. The number of amides is 1. The normalized spacial score (nSPS) is 12.7. The zero-order valence-electron chi connectivity index (χ0n) is 16.9. The van der Waals surface area contributed by atoms with Crippen molar-refractivity contribution in [3.63, 3.8) is 0 Å². The van der Waals surface area contributed by atoms with Crippen LogP contribution in [-0.2, 0) is 22.5 Å². The number of nitrogens with zero attached hydrogens (tertiary/aromatic N) is 1. The standard InChI is InChI=1S/C22H25NO6/c1-4-28-18-7-5-15(6-8-18)22(25)29-14-21(24)23-10-9-16-11-19(26-2)20(27-3)12-17(16)13-23/h5-8,11-12H,4,9-10,13-14H2,1-3H3. The van der Waals surface area contributed by atoms with Gasteiger partial charge in [0.1, 0.15) is 5.75 Å². The fraction of sp³-hybridized carbons (Fsp3) is 0.364. The summed E-state index contributed by atoms with van der Waals surface area (Å²) in [5, 5.41) is 0. The predicted molar refractivity (Wildman–Crippen MR) is 107 cm³/mol. The third-order valence-electron chi connectivity index (χ3n) is 4.80. The van der Waals surface area contributed by atoms with E-state index in [1.54, 1.807) is 43.4 Å². The average molecular weight is 399 g/mol. The molecule has 0 aromatic heterocycles. The number of rotatable bonds is 7. The molecule has 0 saturated heterocycles. The van der Waals surface area contributed by atoms with E-state index < -0.39 is 5.97 Å². The molecule has 0 N–H and O–H groups in total. The topological polar surface area (TPSA) is 74.3 Å². The Balaban J connectivity index is 1.58. The number of benzene rings is 2. The molecule has 1 heterocycles. The van der Waals surface area contributed by atoms with E-state index in [4.69, 9.17) is 18.9 Å². The second-order valence-corrected chi connectivity index (χ2v) is 6.57. The monoisotopic (exact) mass is 399 g/mol. The van der Waals surface area contributed by atoms with E-state index in [9.17, 15) is 9.59 Å². The van der Waals surface area contributed by atoms with Gasteiger partial charge in [-0.25, -0.2) is 4.79 Å². The van der Waals surface area contributed by atoms with E-state index in [1.165, 1.54) is 0 Å². The molecule has 0 fully saturated rings. The van der Waals surface area contributed by atoms with Gasteiger partial charge < -0.3 is 23.8 Å². The molecule has 2 aromatic rings. The number of fused-ring (bicyclic) bond motifs is 1. The minimum atomic E-state index is -0.537. The summed E-state index contributed by atoms with van der Waals surface area (Å²) in [5.74, 6) is 1.21. The summed E-state index contributed by atoms with van der Waals surface area (Å²) in [6, 6.07) is 10.5. The molecule has 0 radical (unpaired) electrons. The third-order valence-corrected chi connectivity index (χ3v) is 4.80. The lowest BCUT2D eigenvalue weighted by atomic mass is 9.99. The largest absolute Gasteiger partial charge is 0.494 e. The molecule has 2 aromatic carbocycles. The molecule has 1 aliphatic rings. The van der Waals surface area contributed by atoms with Crippen LogP contribution in [0.4, 0.5) is 0 Å². The molecule has 0 unspecified atom stereocenters. The van der Waals surface area contributed by atoms with Crippen molar-refractivity contribution in [2.75, 3.05) is 34.0 Å². The quantitative estimate of drug-likeness (QED) is 0.667. The summed E-state index contributed by atoms with van der Waals surface area (Å²) in [6.07, 6.45) is 0.703. The molecule has 1 aliphatic heterocycles. The number of esters is 1. The van der Waals surface area contributed by atoms with E-state index in [2.05, 4.69) is 0 Å². The summed E-state index contributed by atoms with van der Waals surface area (Å²) >= 11 is 0. The molecule has 7 heteroatoms. The van der Waals surface area contributed by atoms with E-state index in [0.717, 1.165) is 11.1 Å². The number of ether oxygens (including phenoxy) is 4. The Kier molecular flexibility index (Phi) is 6.59. The summed E-state index contributed by atoms with van der Waals surface area (Å²) in [6.45, 7) is 3.14. The van der Waals surface area contributed by atoms with Crippen molar-refractivity contribution in [3.05, 3.63) is 53.1 Å². The molecule has 0 aliphatic carbocycles. The van der Waals surface area contributed by atoms with Gasteiger partial charge in [-0.15, -0.1) is 0 Å². The second kappa shape index (κ2) is 9.32. The number of hydrogen-bond donors (Lipinski definition) is 0. The van der Waals surface area contributed by atoms with Gasteiger partial charge in [0.25, 0.3) is 5.91 Å². The van der Waals surface area contributed by atoms with Crippen molar-refractivity contribution in [1.82, 2.24) is 4.90 Å². The Morgan fingerprint density at radius 2 is 1.66 bits per heavy atom. The lowest BCUT2D eigenvalue weighted by molar-refractivity contribution is -0.135. The highest BCUT2D eigenvalue weighted by molar-refractivity contribution is 5.91. The zero-order valence-corrected chi connectivity index (χ0v) is 16.9. The number of carbonyl (C=O) groups excluding carboxylic acids is 2. The van der Waals surface area contributed by atoms with Crippen molar-refractivity contribution in [2.24, 2.45) is 0 Å². The predicted octanol–water partition coefficient (Wildman–Crippen LogP) is 2.84. The van der Waals surface area contributed by atoms with Gasteiger partial charge in [0, 0.05) is 13.1 Å². The van der Waals surface area contributed by atoms with Gasteiger partial charge in [-0.3, -0.25) is 4.79 Å². The molecule has 0 atom stereocenters. The fourth-order valence-corrected chi connectivity index (χ4v) is 3.25. The Bertz CT molecular complexity index is 878. The van der Waals surface area contributed by atoms with Crippen molar-refractivity contribution in [3.8, 4) is 17.2 Å². The maximum absolute atomic E-state index is 12.5. The van der Waals surface area contributed by atoms with Gasteiger partial charge in [0.05, 0.1) is 26.4 Å². The minimum Gasteiger partial charge on any atom is -0.494 e. The first-order valence-electron chi connectivity index (χ1n) is 9.47. The van der Waals surface area contributed by atoms with Crippen LogP contribution in [0.25, 0.3) is 0 Å². The number of methoxy groups -OCH3 is 2. The molecule has 0 saturated carbocycles. The van der Waals surface area contributed by atoms with Crippen LogP contribution in [0.3, 0.4) is 0 Å². The SMILES string of the molecule is CCOc1ccc(C(=O)OCC(=O)N2CCc3cc(OC)c(OC)cc3C2)cc1. The lowest BCUT2D eigenvalue weighted by Crippen LogP contribution is -2.38. The minimum absolute atomic E-state index is 0.232. The molecule has 3 rings (SSSR count). The summed E-state index contributed by atoms with van der Waals surface area (Å²) in [4.78, 5) is 26.4. The Morgan fingerprint density at radius 1 is 1.00 bits per heavy atom. The molecule has 1 amide bonds. The van der Waals surface area contributed by atoms with E-state index in [1.807, 2.05) is 19.1 Å². The lowest BCUT2D eigenvalue weighted by Gasteiger charge is -2.29. The number of hydrogen-bond acceptors (Lipinski definition) is 6. The molecule has 0 spiro atoms. The first-order chi connectivity index (χ1) is 14.0. The summed E-state index contributed by atoms with van der Waals surface area (Å²) < 4.78 is 21.2. The van der Waals surface area contributed by atoms with Gasteiger partial charge in [-0.05, 0) is 60.9 Å². The third kappa shape index (κ3) is 4.80. The van der Waals surface area contributed by atoms with Gasteiger partial charge in [0.2, 0.25) is 0 Å². The molecular weight excluding hydrogens is 374 g/mol. The number of carbonyl (C=O) groups is 2. The smallest absolute Gasteiger partial charge is 0.338 e. The van der Waals surface area contributed by atoms with Crippen molar-refractivity contribution >= 4 is 11.9 Å². The van der Waals surface area contributed by atoms with Gasteiger partial charge in [0.15, 0.2) is 18.1 Å². The van der Waals surface area contributed by atoms with Crippen molar-refractivity contribution < 1.29 is 28.5 Å². The maximum Gasteiger partial charge on any atom is 0.338 e. The van der Waals surface area contributed by atoms with Crippen LogP contribution in [0.2, 0.25) is 0 Å². The van der Waals surface area contributed by atoms with Crippen molar-refractivity contribution in [2.45, 2.75) is 19.9 Å². The highest BCUT2D eigenvalue weighted by atomic mass is 16.5. The Labute approximate surface area is 170 Å². The van der Waals surface area contributed by atoms with Gasteiger partial charge in [-0.1, -0.05) is 0 Å². The highest BCUT2D eigenvalue weighted by Gasteiger charge is 2.23. The van der Waals surface area contributed by atoms with E-state index in [-0.39, 0.29) is 12.5 Å². The molecule has 7 nitrogen and oxygen atoms in total. The van der Waals surface area contributed by atoms with Crippen LogP contribution in [-0.4, -0.2) is 50.8 Å². The van der Waals surface area contributed by atoms with Crippen LogP contribution in [0.15, 0.2) is 36.4 Å². The average Bonchev–Trinajstić information content (AvgIpc) is 2.76. The Hall–Kier alpha value is -3.22.